The van der Waals surface area contributed by atoms with Crippen LogP contribution in [0.2, 0.25) is 36.3 Å². The van der Waals surface area contributed by atoms with Gasteiger partial charge in [-0.05, 0) is 36.3 Å². The Hall–Kier alpha value is -0.196. The van der Waals surface area contributed by atoms with Crippen LogP contribution in [0.1, 0.15) is 48.0 Å². The Bertz CT molecular complexity index is 472. The molecule has 1 saturated heterocycles. The minimum absolute atomic E-state index is 0.0414. The Labute approximate surface area is 151 Å². The van der Waals surface area contributed by atoms with Gasteiger partial charge in [0, 0.05) is 6.42 Å². The molecule has 0 spiro atoms. The van der Waals surface area contributed by atoms with Crippen LogP contribution >= 0.6 is 0 Å². The molecule has 0 aromatic carbocycles. The molecule has 0 radical (unpaired) electrons. The molecular weight excluding hydrogens is 334 g/mol. The Morgan fingerprint density at radius 3 is 1.92 bits per heavy atom. The van der Waals surface area contributed by atoms with Crippen LogP contribution in [0.15, 0.2) is 0 Å². The summed E-state index contributed by atoms with van der Waals surface area (Å²) in [5.74, 6) is 0. The topological polar surface area (TPSA) is 51.5 Å². The van der Waals surface area contributed by atoms with Crippen LogP contribution in [-0.2, 0) is 13.6 Å². The number of hydrogen-bond donors (Lipinski definition) is 0. The molecule has 1 heterocycles. The number of hydrogen-bond acceptors (Lipinski definition) is 4. The Balaban J connectivity index is 2.82. The smallest absolute Gasteiger partial charge is 0.192 e. The average molecular weight is 372 g/mol. The number of nitrogens with zero attached hydrogens (tertiary/aromatic N) is 1. The first kappa shape index (κ1) is 21.8. The third-order valence-corrected chi connectivity index (χ3v) is 15.0. The molecule has 0 N–H and O–H groups in total. The van der Waals surface area contributed by atoms with Crippen molar-refractivity contribution in [2.75, 3.05) is 6.61 Å². The van der Waals surface area contributed by atoms with E-state index in [1.54, 1.807) is 0 Å². The maximum atomic E-state index is 9.27. The van der Waals surface area contributed by atoms with Gasteiger partial charge in [-0.3, -0.25) is 0 Å². The molecule has 24 heavy (non-hydrogen) atoms. The molecule has 0 saturated carbocycles. The molecule has 0 aromatic heterocycles. The fourth-order valence-electron chi connectivity index (χ4n) is 2.13. The van der Waals surface area contributed by atoms with Gasteiger partial charge in [0.1, 0.15) is 12.2 Å². The molecule has 1 fully saturated rings. The van der Waals surface area contributed by atoms with Crippen LogP contribution < -0.4 is 0 Å². The Morgan fingerprint density at radius 1 is 1.00 bits per heavy atom. The summed E-state index contributed by atoms with van der Waals surface area (Å²) in [7, 11) is -3.74. The van der Waals surface area contributed by atoms with Gasteiger partial charge in [-0.25, -0.2) is 0 Å². The summed E-state index contributed by atoms with van der Waals surface area (Å²) in [4.78, 5) is 0. The first-order valence-corrected chi connectivity index (χ1v) is 14.8. The van der Waals surface area contributed by atoms with Crippen molar-refractivity contribution in [3.63, 3.8) is 0 Å². The summed E-state index contributed by atoms with van der Waals surface area (Å²) in [5, 5.41) is 9.57. The molecule has 0 aromatic rings. The van der Waals surface area contributed by atoms with Gasteiger partial charge >= 0.3 is 0 Å². The predicted molar refractivity (Wildman–Crippen MR) is 104 cm³/mol. The highest BCUT2D eigenvalue weighted by atomic mass is 28.4. The van der Waals surface area contributed by atoms with E-state index >= 15 is 0 Å². The van der Waals surface area contributed by atoms with Crippen molar-refractivity contribution in [2.45, 2.75) is 103 Å². The van der Waals surface area contributed by atoms with E-state index in [1.807, 2.05) is 0 Å². The fourth-order valence-corrected chi connectivity index (χ4v) is 4.51. The molecular formula is C18H37NO3Si2. The van der Waals surface area contributed by atoms with E-state index in [2.05, 4.69) is 73.8 Å². The third kappa shape index (κ3) is 5.15. The molecule has 3 atom stereocenters. The van der Waals surface area contributed by atoms with Crippen molar-refractivity contribution >= 4 is 16.6 Å². The standard InChI is InChI=1S/C18H37NO3Si2/c1-17(2,3)23(7,8)20-13-16-15(11-14(12-19)21-16)22-24(9,10)18(4,5)6/h14-16H,11,13H2,1-10H3/t14-,15-,16+/m0/s1. The van der Waals surface area contributed by atoms with E-state index in [4.69, 9.17) is 13.6 Å². The van der Waals surface area contributed by atoms with Crippen molar-refractivity contribution in [1.29, 1.82) is 5.26 Å². The predicted octanol–water partition coefficient (Wildman–Crippen LogP) is 5.08. The number of ether oxygens (including phenoxy) is 1. The van der Waals surface area contributed by atoms with E-state index in [0.29, 0.717) is 13.0 Å². The summed E-state index contributed by atoms with van der Waals surface area (Å²) in [6.45, 7) is 22.9. The van der Waals surface area contributed by atoms with E-state index < -0.39 is 16.6 Å². The molecule has 0 unspecified atom stereocenters. The molecule has 0 bridgehead atoms. The monoisotopic (exact) mass is 371 g/mol. The molecule has 1 aliphatic rings. The third-order valence-electron chi connectivity index (χ3n) is 6.01. The largest absolute Gasteiger partial charge is 0.414 e. The van der Waals surface area contributed by atoms with Gasteiger partial charge in [0.15, 0.2) is 16.6 Å². The minimum atomic E-state index is -1.90. The van der Waals surface area contributed by atoms with Crippen LogP contribution in [0.4, 0.5) is 0 Å². The van der Waals surface area contributed by atoms with Crippen LogP contribution in [-0.4, -0.2) is 41.6 Å². The highest BCUT2D eigenvalue weighted by Gasteiger charge is 2.46. The lowest BCUT2D eigenvalue weighted by molar-refractivity contribution is -0.00215. The second-order valence-electron chi connectivity index (χ2n) is 10.0. The molecule has 4 nitrogen and oxygen atoms in total. The Kier molecular flexibility index (Phi) is 6.55. The van der Waals surface area contributed by atoms with Gasteiger partial charge in [0.2, 0.25) is 0 Å². The second-order valence-corrected chi connectivity index (χ2v) is 19.6. The van der Waals surface area contributed by atoms with E-state index in [-0.39, 0.29) is 28.4 Å². The number of rotatable bonds is 5. The lowest BCUT2D eigenvalue weighted by Crippen LogP contribution is -2.48. The van der Waals surface area contributed by atoms with Gasteiger partial charge in [0.25, 0.3) is 0 Å². The minimum Gasteiger partial charge on any atom is -0.414 e. The lowest BCUT2D eigenvalue weighted by atomic mass is 10.1. The first-order valence-electron chi connectivity index (χ1n) is 8.97. The van der Waals surface area contributed by atoms with E-state index in [0.717, 1.165) is 0 Å². The van der Waals surface area contributed by atoms with Gasteiger partial charge in [0.05, 0.1) is 18.8 Å². The maximum Gasteiger partial charge on any atom is 0.192 e. The van der Waals surface area contributed by atoms with Crippen LogP contribution in [0.25, 0.3) is 0 Å². The van der Waals surface area contributed by atoms with Crippen molar-refractivity contribution in [3.8, 4) is 6.07 Å². The van der Waals surface area contributed by atoms with Gasteiger partial charge in [-0.15, -0.1) is 0 Å². The van der Waals surface area contributed by atoms with Gasteiger partial charge in [-0.2, -0.15) is 5.26 Å². The average Bonchev–Trinajstić information content (AvgIpc) is 2.75. The summed E-state index contributed by atoms with van der Waals surface area (Å²) in [5.41, 5.74) is 0. The molecule has 6 heteroatoms. The van der Waals surface area contributed by atoms with E-state index in [9.17, 15) is 5.26 Å². The summed E-state index contributed by atoms with van der Waals surface area (Å²) >= 11 is 0. The maximum absolute atomic E-state index is 9.27. The highest BCUT2D eigenvalue weighted by Crippen LogP contribution is 2.40. The molecule has 1 rings (SSSR count). The number of nitriles is 1. The molecule has 1 aliphatic heterocycles. The fraction of sp³-hybridized carbons (Fsp3) is 0.944. The van der Waals surface area contributed by atoms with Crippen molar-refractivity contribution in [3.05, 3.63) is 0 Å². The molecule has 0 aliphatic carbocycles. The normalized spacial score (nSPS) is 26.5. The van der Waals surface area contributed by atoms with Gasteiger partial charge in [-0.1, -0.05) is 41.5 Å². The van der Waals surface area contributed by atoms with Crippen LogP contribution in [0.3, 0.4) is 0 Å². The van der Waals surface area contributed by atoms with Crippen molar-refractivity contribution in [2.24, 2.45) is 0 Å². The Morgan fingerprint density at radius 2 is 1.50 bits per heavy atom. The highest BCUT2D eigenvalue weighted by molar-refractivity contribution is 6.74. The zero-order valence-corrected chi connectivity index (χ0v) is 19.3. The van der Waals surface area contributed by atoms with E-state index in [1.165, 1.54) is 0 Å². The molecule has 0 amide bonds. The van der Waals surface area contributed by atoms with Gasteiger partial charge < -0.3 is 13.6 Å². The zero-order valence-electron chi connectivity index (χ0n) is 17.3. The van der Waals surface area contributed by atoms with Crippen LogP contribution in [0, 0.1) is 11.3 Å². The van der Waals surface area contributed by atoms with Crippen LogP contribution in [0.5, 0.6) is 0 Å². The summed E-state index contributed by atoms with van der Waals surface area (Å²) in [6.07, 6.45) is 0.0835. The first-order chi connectivity index (χ1) is 10.6. The molecule has 140 valence electrons. The summed E-state index contributed by atoms with van der Waals surface area (Å²) < 4.78 is 18.8. The SMILES string of the molecule is CC(C)(C)[Si](C)(C)OC[C@H]1O[C@H](C#N)C[C@@H]1O[Si](C)(C)C(C)(C)C. The van der Waals surface area contributed by atoms with Crippen molar-refractivity contribution in [1.82, 2.24) is 0 Å². The summed E-state index contributed by atoms with van der Waals surface area (Å²) in [6, 6.07) is 2.24. The van der Waals surface area contributed by atoms with Crippen molar-refractivity contribution < 1.29 is 13.6 Å². The quantitative estimate of drug-likeness (QED) is 0.632. The zero-order chi connectivity index (χ0) is 19.0. The second kappa shape index (κ2) is 7.20. The lowest BCUT2D eigenvalue weighted by Gasteiger charge is -2.40.